The number of para-hydroxylation sites is 1. The number of hydrogen-bond acceptors (Lipinski definition) is 3. The molecule has 0 amide bonds. The van der Waals surface area contributed by atoms with Crippen LogP contribution in [-0.4, -0.2) is 54.9 Å². The van der Waals surface area contributed by atoms with Gasteiger partial charge in [0.25, 0.3) is 0 Å². The average molecular weight is 483 g/mol. The summed E-state index contributed by atoms with van der Waals surface area (Å²) in [6.07, 6.45) is 0. The third kappa shape index (κ3) is 24.3. The predicted molar refractivity (Wildman–Crippen MR) is 98.5 cm³/mol. The van der Waals surface area contributed by atoms with E-state index in [-0.39, 0.29) is 139 Å². The molecule has 1 aromatic rings. The van der Waals surface area contributed by atoms with Crippen molar-refractivity contribution >= 4 is 7.82 Å². The first-order chi connectivity index (χ1) is 8.72. The summed E-state index contributed by atoms with van der Waals surface area (Å²) in [5, 5.41) is 0. The van der Waals surface area contributed by atoms with Crippen molar-refractivity contribution in [3.8, 4) is 5.75 Å². The fraction of sp³-hybridized carbons (Fsp3) is 0.538. The van der Waals surface area contributed by atoms with Crippen LogP contribution in [0.15, 0.2) is 18.2 Å². The Morgan fingerprint density at radius 3 is 1.34 bits per heavy atom. The number of ether oxygens (including phenoxy) is 1. The van der Waals surface area contributed by atoms with Crippen LogP contribution in [0.5, 0.6) is 5.75 Å². The summed E-state index contributed by atoms with van der Waals surface area (Å²) in [5.74, 6) is 1.16. The molecule has 0 aromatic heterocycles. The topological polar surface area (TPSA) is 296 Å². The molecule has 0 aliphatic carbocycles. The van der Waals surface area contributed by atoms with Crippen molar-refractivity contribution in [2.45, 2.75) is 39.5 Å². The van der Waals surface area contributed by atoms with Crippen LogP contribution in [0, 0.1) is 0 Å². The smallest absolute Gasteiger partial charge is 0.466 e. The maximum Gasteiger partial charge on any atom is 1.00 e. The van der Waals surface area contributed by atoms with Crippen molar-refractivity contribution in [3.05, 3.63) is 29.3 Å². The molecular formula is C13H35Na3O12P+3. The molecular weight excluding hydrogens is 448 g/mol. The summed E-state index contributed by atoms with van der Waals surface area (Å²) in [7, 11) is -4.51. The molecule has 0 heterocycles. The van der Waals surface area contributed by atoms with Crippen LogP contribution in [-0.2, 0) is 9.09 Å². The van der Waals surface area contributed by atoms with Gasteiger partial charge in [-0.05, 0) is 23.0 Å². The fourth-order valence-corrected chi connectivity index (χ4v) is 1.99. The normalized spacial score (nSPS) is 8.00. The molecule has 12 nitrogen and oxygen atoms in total. The first kappa shape index (κ1) is 63.2. The zero-order valence-corrected chi connectivity index (χ0v) is 25.1. The van der Waals surface area contributed by atoms with Gasteiger partial charge < -0.3 is 52.9 Å². The largest absolute Gasteiger partial charge is 1.00 e. The fourth-order valence-electron chi connectivity index (χ4n) is 1.80. The van der Waals surface area contributed by atoms with E-state index in [9.17, 15) is 4.57 Å². The Morgan fingerprint density at radius 1 is 0.793 bits per heavy atom. The number of rotatable bonds is 6. The van der Waals surface area contributed by atoms with Crippen molar-refractivity contribution in [3.63, 3.8) is 0 Å². The van der Waals surface area contributed by atoms with Crippen LogP contribution in [0.3, 0.4) is 0 Å². The zero-order chi connectivity index (χ0) is 14.6. The molecule has 164 valence electrons. The van der Waals surface area contributed by atoms with Crippen molar-refractivity contribution in [2.75, 3.05) is 6.79 Å². The summed E-state index contributed by atoms with van der Waals surface area (Å²) in [6, 6.07) is 5.86. The van der Waals surface area contributed by atoms with Crippen molar-refractivity contribution in [1.82, 2.24) is 0 Å². The molecule has 1 aromatic carbocycles. The van der Waals surface area contributed by atoms with Crippen molar-refractivity contribution in [2.24, 2.45) is 0 Å². The number of phosphoric acid groups is 1. The first-order valence-corrected chi connectivity index (χ1v) is 7.71. The van der Waals surface area contributed by atoms with Gasteiger partial charge in [0.05, 0.1) is 0 Å². The number of hydrogen-bond donors (Lipinski definition) is 2. The molecule has 0 aliphatic rings. The van der Waals surface area contributed by atoms with E-state index in [1.807, 2.05) is 45.9 Å². The van der Waals surface area contributed by atoms with Crippen LogP contribution in [0.2, 0.25) is 0 Å². The minimum Gasteiger partial charge on any atom is -0.466 e. The van der Waals surface area contributed by atoms with Gasteiger partial charge in [-0.2, -0.15) is 0 Å². The molecule has 29 heavy (non-hydrogen) atoms. The van der Waals surface area contributed by atoms with E-state index < -0.39 is 14.6 Å². The first-order valence-electron chi connectivity index (χ1n) is 6.18. The van der Waals surface area contributed by atoms with Crippen LogP contribution < -0.4 is 93.4 Å². The SMILES string of the molecule is CC(C)c1cccc(C(C)C)c1OCOP(=O)(O)O.O.O.O.O.O.O.O.[Na+].[Na+].[Na+]. The van der Waals surface area contributed by atoms with Crippen LogP contribution >= 0.6 is 7.82 Å². The summed E-state index contributed by atoms with van der Waals surface area (Å²) in [6.45, 7) is 7.69. The Bertz CT molecular complexity index is 462. The van der Waals surface area contributed by atoms with Crippen LogP contribution in [0.25, 0.3) is 0 Å². The summed E-state index contributed by atoms with van der Waals surface area (Å²) < 4.78 is 20.5. The molecule has 0 radical (unpaired) electrons. The van der Waals surface area contributed by atoms with E-state index in [0.29, 0.717) is 5.75 Å². The molecule has 16 N–H and O–H groups in total. The minimum atomic E-state index is -4.51. The van der Waals surface area contributed by atoms with Gasteiger partial charge in [0.2, 0.25) is 0 Å². The Balaban J connectivity index is -0.0000000451. The van der Waals surface area contributed by atoms with Gasteiger partial charge >= 0.3 is 96.5 Å². The predicted octanol–water partition coefficient (Wildman–Crippen LogP) is -11.4. The number of benzene rings is 1. The van der Waals surface area contributed by atoms with Gasteiger partial charge in [-0.3, -0.25) is 0 Å². The second kappa shape index (κ2) is 29.9. The molecule has 0 spiro atoms. The summed E-state index contributed by atoms with van der Waals surface area (Å²) in [4.78, 5) is 17.3. The Morgan fingerprint density at radius 2 is 1.10 bits per heavy atom. The van der Waals surface area contributed by atoms with Crippen molar-refractivity contribution < 1.29 is 151 Å². The molecule has 16 heteroatoms. The van der Waals surface area contributed by atoms with E-state index in [0.717, 1.165) is 11.1 Å². The van der Waals surface area contributed by atoms with E-state index >= 15 is 0 Å². The molecule has 0 unspecified atom stereocenters. The molecule has 0 saturated carbocycles. The van der Waals surface area contributed by atoms with E-state index in [4.69, 9.17) is 14.5 Å². The third-order valence-electron chi connectivity index (χ3n) is 2.74. The summed E-state index contributed by atoms with van der Waals surface area (Å²) in [5.41, 5.74) is 2.00. The number of phosphoric ester groups is 1. The van der Waals surface area contributed by atoms with E-state index in [2.05, 4.69) is 4.52 Å². The second-order valence-corrected chi connectivity index (χ2v) is 6.20. The Labute approximate surface area is 237 Å². The Hall–Kier alpha value is 1.85. The van der Waals surface area contributed by atoms with E-state index in [1.54, 1.807) is 0 Å². The summed E-state index contributed by atoms with van der Waals surface area (Å²) >= 11 is 0. The average Bonchev–Trinajstić information content (AvgIpc) is 2.26. The van der Waals surface area contributed by atoms with Gasteiger partial charge in [-0.15, -0.1) is 0 Å². The second-order valence-electron chi connectivity index (χ2n) is 4.96. The Kier molecular flexibility index (Phi) is 65.1. The van der Waals surface area contributed by atoms with Crippen LogP contribution in [0.4, 0.5) is 0 Å². The van der Waals surface area contributed by atoms with Gasteiger partial charge in [-0.1, -0.05) is 45.9 Å². The van der Waals surface area contributed by atoms with E-state index in [1.165, 1.54) is 0 Å². The van der Waals surface area contributed by atoms with Crippen LogP contribution in [0.1, 0.15) is 50.7 Å². The molecule has 1 rings (SSSR count). The molecule has 0 saturated heterocycles. The monoisotopic (exact) mass is 483 g/mol. The third-order valence-corrected chi connectivity index (χ3v) is 3.19. The quantitative estimate of drug-likeness (QED) is 0.225. The van der Waals surface area contributed by atoms with Crippen molar-refractivity contribution in [1.29, 1.82) is 0 Å². The molecule has 0 fully saturated rings. The molecule has 0 aliphatic heterocycles. The maximum atomic E-state index is 10.7. The zero-order valence-electron chi connectivity index (χ0n) is 18.2. The van der Waals surface area contributed by atoms with Gasteiger partial charge in [0.15, 0.2) is 6.79 Å². The van der Waals surface area contributed by atoms with Gasteiger partial charge in [-0.25, -0.2) is 9.09 Å². The minimum absolute atomic E-state index is 0. The standard InChI is InChI=1S/C13H21O5P.3Na.7H2O/c1-9(2)11-6-5-7-12(10(3)4)13(11)17-8-18-19(14,15)16;;;;;;;;;;/h5-7,9-10H,8H2,1-4H3,(H2,14,15,16);;;;7*1H2/q;3*+1;;;;;;;. The van der Waals surface area contributed by atoms with Gasteiger partial charge in [0, 0.05) is 0 Å². The molecule has 0 bridgehead atoms. The maximum absolute atomic E-state index is 10.7. The molecule has 0 atom stereocenters. The van der Waals surface area contributed by atoms with Gasteiger partial charge in [0.1, 0.15) is 5.75 Å².